The van der Waals surface area contributed by atoms with Crippen LogP contribution in [-0.2, 0) is 0 Å². The molecule has 0 saturated heterocycles. The summed E-state index contributed by atoms with van der Waals surface area (Å²) in [4.78, 5) is 0. The van der Waals surface area contributed by atoms with Crippen molar-refractivity contribution in [2.75, 3.05) is 16.8 Å². The van der Waals surface area contributed by atoms with Crippen LogP contribution in [0.4, 0.5) is 17.1 Å². The molecule has 0 aliphatic heterocycles. The van der Waals surface area contributed by atoms with Gasteiger partial charge >= 0.3 is 0 Å². The van der Waals surface area contributed by atoms with Crippen LogP contribution in [0.1, 0.15) is 26.2 Å². The molecule has 14 heavy (non-hydrogen) atoms. The van der Waals surface area contributed by atoms with Gasteiger partial charge in [0.2, 0.25) is 0 Å². The van der Waals surface area contributed by atoms with Crippen LogP contribution in [0, 0.1) is 0 Å². The molecule has 0 aromatic heterocycles. The Morgan fingerprint density at radius 1 is 1.29 bits per heavy atom. The zero-order valence-electron chi connectivity index (χ0n) is 8.51. The zero-order chi connectivity index (χ0) is 10.2. The van der Waals surface area contributed by atoms with Crippen LogP contribution in [-0.4, -0.2) is 5.54 Å². The van der Waals surface area contributed by atoms with Crippen LogP contribution in [0.15, 0.2) is 18.2 Å². The Morgan fingerprint density at radius 2 is 2.00 bits per heavy atom. The van der Waals surface area contributed by atoms with Crippen molar-refractivity contribution in [2.45, 2.75) is 31.7 Å². The summed E-state index contributed by atoms with van der Waals surface area (Å²) in [5.74, 6) is 0. The fourth-order valence-corrected chi connectivity index (χ4v) is 1.68. The Kier molecular flexibility index (Phi) is 2.02. The van der Waals surface area contributed by atoms with Crippen molar-refractivity contribution in [3.05, 3.63) is 18.2 Å². The van der Waals surface area contributed by atoms with Crippen LogP contribution in [0.25, 0.3) is 0 Å². The van der Waals surface area contributed by atoms with Gasteiger partial charge in [-0.2, -0.15) is 0 Å². The van der Waals surface area contributed by atoms with Gasteiger partial charge in [-0.05, 0) is 37.5 Å². The van der Waals surface area contributed by atoms with E-state index in [9.17, 15) is 0 Å². The molecule has 0 amide bonds. The SMILES string of the molecule is CCC1(Nc2ccc(N)c(N)c2)CC1. The first-order valence-corrected chi connectivity index (χ1v) is 5.08. The van der Waals surface area contributed by atoms with Crippen LogP contribution in [0.3, 0.4) is 0 Å². The highest BCUT2D eigenvalue weighted by Crippen LogP contribution is 2.42. The molecule has 1 aromatic rings. The van der Waals surface area contributed by atoms with Crippen molar-refractivity contribution < 1.29 is 0 Å². The normalized spacial score (nSPS) is 17.8. The maximum atomic E-state index is 5.74. The van der Waals surface area contributed by atoms with Gasteiger partial charge in [0.05, 0.1) is 11.4 Å². The molecule has 0 atom stereocenters. The van der Waals surface area contributed by atoms with E-state index in [0.29, 0.717) is 16.9 Å². The number of nitrogens with two attached hydrogens (primary N) is 2. The zero-order valence-corrected chi connectivity index (χ0v) is 8.51. The number of hydrogen-bond donors (Lipinski definition) is 3. The molecular formula is C11H17N3. The second kappa shape index (κ2) is 3.08. The molecule has 0 unspecified atom stereocenters. The molecule has 1 aliphatic carbocycles. The van der Waals surface area contributed by atoms with Crippen LogP contribution >= 0.6 is 0 Å². The lowest BCUT2D eigenvalue weighted by molar-refractivity contribution is 0.702. The minimum absolute atomic E-state index is 0.336. The molecule has 3 heteroatoms. The molecule has 5 N–H and O–H groups in total. The smallest absolute Gasteiger partial charge is 0.0568 e. The lowest BCUT2D eigenvalue weighted by Crippen LogP contribution is -2.19. The van der Waals surface area contributed by atoms with Crippen molar-refractivity contribution >= 4 is 17.1 Å². The molecule has 1 fully saturated rings. The Morgan fingerprint density at radius 3 is 2.50 bits per heavy atom. The largest absolute Gasteiger partial charge is 0.397 e. The summed E-state index contributed by atoms with van der Waals surface area (Å²) in [7, 11) is 0. The van der Waals surface area contributed by atoms with Crippen molar-refractivity contribution in [1.82, 2.24) is 0 Å². The summed E-state index contributed by atoms with van der Waals surface area (Å²) in [6.07, 6.45) is 3.68. The molecule has 1 saturated carbocycles. The fraction of sp³-hybridized carbons (Fsp3) is 0.455. The second-order valence-corrected chi connectivity index (χ2v) is 4.10. The minimum Gasteiger partial charge on any atom is -0.397 e. The maximum absolute atomic E-state index is 5.74. The lowest BCUT2D eigenvalue weighted by atomic mass is 10.1. The number of nitrogens with one attached hydrogen (secondary N) is 1. The quantitative estimate of drug-likeness (QED) is 0.642. The van der Waals surface area contributed by atoms with Gasteiger partial charge in [-0.3, -0.25) is 0 Å². The lowest BCUT2D eigenvalue weighted by Gasteiger charge is -2.17. The number of rotatable bonds is 3. The third-order valence-corrected chi connectivity index (χ3v) is 3.03. The van der Waals surface area contributed by atoms with Crippen molar-refractivity contribution in [3.63, 3.8) is 0 Å². The summed E-state index contributed by atoms with van der Waals surface area (Å²) < 4.78 is 0. The predicted molar refractivity (Wildman–Crippen MR) is 61.1 cm³/mol. The standard InChI is InChI=1S/C11H17N3/c1-2-11(5-6-11)14-8-3-4-9(12)10(13)7-8/h3-4,7,14H,2,5-6,12-13H2,1H3. The van der Waals surface area contributed by atoms with E-state index in [1.165, 1.54) is 12.8 Å². The van der Waals surface area contributed by atoms with E-state index in [4.69, 9.17) is 11.5 Å². The van der Waals surface area contributed by atoms with Crippen LogP contribution in [0.5, 0.6) is 0 Å². The monoisotopic (exact) mass is 191 g/mol. The molecule has 1 aromatic carbocycles. The highest BCUT2D eigenvalue weighted by molar-refractivity contribution is 5.69. The summed E-state index contributed by atoms with van der Waals surface area (Å²) >= 11 is 0. The van der Waals surface area contributed by atoms with E-state index >= 15 is 0 Å². The third-order valence-electron chi connectivity index (χ3n) is 3.03. The molecule has 76 valence electrons. The molecule has 1 aliphatic rings. The molecule has 0 heterocycles. The summed E-state index contributed by atoms with van der Waals surface area (Å²) in [5.41, 5.74) is 14.1. The molecule has 3 nitrogen and oxygen atoms in total. The van der Waals surface area contributed by atoms with Gasteiger partial charge in [0.1, 0.15) is 0 Å². The summed E-state index contributed by atoms with van der Waals surface area (Å²) in [6, 6.07) is 5.75. The van der Waals surface area contributed by atoms with Gasteiger partial charge in [-0.25, -0.2) is 0 Å². The second-order valence-electron chi connectivity index (χ2n) is 4.10. The Labute approximate surface area is 84.5 Å². The first-order chi connectivity index (χ1) is 6.65. The first-order valence-electron chi connectivity index (χ1n) is 5.08. The first kappa shape index (κ1) is 9.19. The van der Waals surface area contributed by atoms with Gasteiger partial charge in [-0.15, -0.1) is 0 Å². The Hall–Kier alpha value is -1.38. The minimum atomic E-state index is 0.336. The van der Waals surface area contributed by atoms with E-state index in [1.807, 2.05) is 18.2 Å². The summed E-state index contributed by atoms with van der Waals surface area (Å²) in [6.45, 7) is 2.21. The van der Waals surface area contributed by atoms with Gasteiger partial charge in [0.25, 0.3) is 0 Å². The van der Waals surface area contributed by atoms with Crippen molar-refractivity contribution in [1.29, 1.82) is 0 Å². The van der Waals surface area contributed by atoms with Gasteiger partial charge in [0.15, 0.2) is 0 Å². The number of nitrogen functional groups attached to an aromatic ring is 2. The fourth-order valence-electron chi connectivity index (χ4n) is 1.68. The number of anilines is 3. The van der Waals surface area contributed by atoms with E-state index in [2.05, 4.69) is 12.2 Å². The predicted octanol–water partition coefficient (Wildman–Crippen LogP) is 2.21. The van der Waals surface area contributed by atoms with Crippen molar-refractivity contribution in [3.8, 4) is 0 Å². The number of hydrogen-bond acceptors (Lipinski definition) is 3. The molecule has 0 radical (unpaired) electrons. The highest BCUT2D eigenvalue weighted by Gasteiger charge is 2.40. The number of benzene rings is 1. The van der Waals surface area contributed by atoms with Gasteiger partial charge in [0, 0.05) is 11.2 Å². The van der Waals surface area contributed by atoms with E-state index in [1.54, 1.807) is 0 Å². The highest BCUT2D eigenvalue weighted by atomic mass is 15.0. The average Bonchev–Trinajstić information content (AvgIpc) is 2.93. The van der Waals surface area contributed by atoms with Crippen LogP contribution in [0.2, 0.25) is 0 Å². The van der Waals surface area contributed by atoms with Gasteiger partial charge in [-0.1, -0.05) is 6.92 Å². The Balaban J connectivity index is 2.14. The third kappa shape index (κ3) is 1.62. The molecule has 0 bridgehead atoms. The van der Waals surface area contributed by atoms with Crippen molar-refractivity contribution in [2.24, 2.45) is 0 Å². The molecule has 2 rings (SSSR count). The Bertz CT molecular complexity index is 342. The van der Waals surface area contributed by atoms with E-state index < -0.39 is 0 Å². The summed E-state index contributed by atoms with van der Waals surface area (Å²) in [5, 5.41) is 3.51. The van der Waals surface area contributed by atoms with E-state index in [-0.39, 0.29) is 0 Å². The topological polar surface area (TPSA) is 64.1 Å². The molecule has 0 spiro atoms. The molecular weight excluding hydrogens is 174 g/mol. The van der Waals surface area contributed by atoms with Gasteiger partial charge < -0.3 is 16.8 Å². The van der Waals surface area contributed by atoms with E-state index in [0.717, 1.165) is 12.1 Å². The van der Waals surface area contributed by atoms with Crippen LogP contribution < -0.4 is 16.8 Å². The average molecular weight is 191 g/mol. The maximum Gasteiger partial charge on any atom is 0.0568 e.